The van der Waals surface area contributed by atoms with Crippen molar-refractivity contribution in [2.75, 3.05) is 25.6 Å². The summed E-state index contributed by atoms with van der Waals surface area (Å²) >= 11 is 12.1. The Labute approximate surface area is 164 Å². The van der Waals surface area contributed by atoms with Crippen molar-refractivity contribution >= 4 is 34.8 Å². The van der Waals surface area contributed by atoms with Crippen LogP contribution in [0.15, 0.2) is 36.4 Å². The predicted molar refractivity (Wildman–Crippen MR) is 97.6 cm³/mol. The summed E-state index contributed by atoms with van der Waals surface area (Å²) < 4.78 is 49.2. The molecular formula is C18H16Cl2F3NO3. The van der Waals surface area contributed by atoms with Crippen LogP contribution >= 0.6 is 23.2 Å². The first kappa shape index (κ1) is 21.3. The Kier molecular flexibility index (Phi) is 7.35. The van der Waals surface area contributed by atoms with E-state index in [1.807, 2.05) is 0 Å². The van der Waals surface area contributed by atoms with E-state index in [0.717, 1.165) is 18.2 Å². The molecule has 146 valence electrons. The van der Waals surface area contributed by atoms with E-state index in [2.05, 4.69) is 5.32 Å². The first-order valence-corrected chi connectivity index (χ1v) is 8.53. The number of ether oxygens (including phenoxy) is 2. The highest BCUT2D eigenvalue weighted by Crippen LogP contribution is 2.35. The summed E-state index contributed by atoms with van der Waals surface area (Å²) in [6, 6.07) is 7.60. The first-order chi connectivity index (χ1) is 12.7. The van der Waals surface area contributed by atoms with Crippen LogP contribution in [0.25, 0.3) is 0 Å². The number of methoxy groups -OCH3 is 1. The molecule has 1 amide bonds. The molecule has 0 aliphatic carbocycles. The third kappa shape index (κ3) is 6.02. The second-order valence-electron chi connectivity index (χ2n) is 5.48. The van der Waals surface area contributed by atoms with Crippen LogP contribution in [-0.4, -0.2) is 26.2 Å². The van der Waals surface area contributed by atoms with Crippen molar-refractivity contribution in [2.45, 2.75) is 12.6 Å². The van der Waals surface area contributed by atoms with E-state index in [1.165, 1.54) is 7.11 Å². The summed E-state index contributed by atoms with van der Waals surface area (Å²) in [5.74, 6) is -0.487. The SMILES string of the molecule is COCCOc1ccc(C(F)(F)F)cc1NC(=O)Cc1c(Cl)cccc1Cl. The number of alkyl halides is 3. The second kappa shape index (κ2) is 9.30. The fourth-order valence-corrected chi connectivity index (χ4v) is 2.75. The van der Waals surface area contributed by atoms with Crippen LogP contribution in [0, 0.1) is 0 Å². The van der Waals surface area contributed by atoms with E-state index in [1.54, 1.807) is 18.2 Å². The number of benzene rings is 2. The average molecular weight is 422 g/mol. The Morgan fingerprint density at radius 2 is 1.78 bits per heavy atom. The van der Waals surface area contributed by atoms with E-state index >= 15 is 0 Å². The van der Waals surface area contributed by atoms with E-state index in [-0.39, 0.29) is 31.1 Å². The largest absolute Gasteiger partial charge is 0.489 e. The number of hydrogen-bond donors (Lipinski definition) is 1. The quantitative estimate of drug-likeness (QED) is 0.623. The lowest BCUT2D eigenvalue weighted by molar-refractivity contribution is -0.137. The molecule has 0 bridgehead atoms. The molecule has 0 atom stereocenters. The summed E-state index contributed by atoms with van der Waals surface area (Å²) in [5.41, 5.74) is -0.631. The molecule has 0 saturated carbocycles. The fraction of sp³-hybridized carbons (Fsp3) is 0.278. The second-order valence-corrected chi connectivity index (χ2v) is 6.29. The molecule has 4 nitrogen and oxygen atoms in total. The number of nitrogens with one attached hydrogen (secondary N) is 1. The number of hydrogen-bond acceptors (Lipinski definition) is 3. The Hall–Kier alpha value is -1.96. The molecule has 0 heterocycles. The molecule has 2 aromatic carbocycles. The monoisotopic (exact) mass is 421 g/mol. The van der Waals surface area contributed by atoms with Gasteiger partial charge in [-0.15, -0.1) is 0 Å². The molecule has 0 aliphatic rings. The molecule has 0 saturated heterocycles. The molecule has 1 N–H and O–H groups in total. The molecule has 0 unspecified atom stereocenters. The minimum Gasteiger partial charge on any atom is -0.489 e. The maximum atomic E-state index is 13.0. The molecule has 0 fully saturated rings. The number of rotatable bonds is 7. The topological polar surface area (TPSA) is 47.6 Å². The van der Waals surface area contributed by atoms with Gasteiger partial charge in [0.2, 0.25) is 5.91 Å². The number of amides is 1. The normalized spacial score (nSPS) is 11.3. The van der Waals surface area contributed by atoms with Gasteiger partial charge in [-0.1, -0.05) is 29.3 Å². The average Bonchev–Trinajstić information content (AvgIpc) is 2.59. The third-order valence-corrected chi connectivity index (χ3v) is 4.23. The summed E-state index contributed by atoms with van der Waals surface area (Å²) in [6.07, 6.45) is -4.76. The first-order valence-electron chi connectivity index (χ1n) is 7.78. The van der Waals surface area contributed by atoms with E-state index < -0.39 is 17.6 Å². The Morgan fingerprint density at radius 3 is 2.37 bits per heavy atom. The highest BCUT2D eigenvalue weighted by atomic mass is 35.5. The molecule has 0 radical (unpaired) electrons. The lowest BCUT2D eigenvalue weighted by Gasteiger charge is -2.15. The highest BCUT2D eigenvalue weighted by Gasteiger charge is 2.31. The van der Waals surface area contributed by atoms with E-state index in [0.29, 0.717) is 15.6 Å². The van der Waals surface area contributed by atoms with Gasteiger partial charge < -0.3 is 14.8 Å². The van der Waals surface area contributed by atoms with Gasteiger partial charge in [-0.3, -0.25) is 4.79 Å². The maximum Gasteiger partial charge on any atom is 0.416 e. The van der Waals surface area contributed by atoms with Crippen LogP contribution in [0.5, 0.6) is 5.75 Å². The lowest BCUT2D eigenvalue weighted by Crippen LogP contribution is -2.17. The van der Waals surface area contributed by atoms with Crippen molar-refractivity contribution in [1.82, 2.24) is 0 Å². The summed E-state index contributed by atoms with van der Waals surface area (Å²) in [4.78, 5) is 12.3. The van der Waals surface area contributed by atoms with Crippen LogP contribution in [-0.2, 0) is 22.1 Å². The van der Waals surface area contributed by atoms with Crippen molar-refractivity contribution in [3.8, 4) is 5.75 Å². The van der Waals surface area contributed by atoms with E-state index in [4.69, 9.17) is 32.7 Å². The fourth-order valence-electron chi connectivity index (χ4n) is 2.22. The zero-order valence-electron chi connectivity index (χ0n) is 14.2. The van der Waals surface area contributed by atoms with Gasteiger partial charge in [0.05, 0.1) is 24.3 Å². The Morgan fingerprint density at radius 1 is 1.11 bits per heavy atom. The van der Waals surface area contributed by atoms with Gasteiger partial charge in [0.1, 0.15) is 12.4 Å². The smallest absolute Gasteiger partial charge is 0.416 e. The minimum absolute atomic E-state index is 0.0960. The number of anilines is 1. The zero-order valence-corrected chi connectivity index (χ0v) is 15.7. The summed E-state index contributed by atoms with van der Waals surface area (Å²) in [5, 5.41) is 3.01. The summed E-state index contributed by atoms with van der Waals surface area (Å²) in [7, 11) is 1.46. The van der Waals surface area contributed by atoms with Gasteiger partial charge >= 0.3 is 6.18 Å². The van der Waals surface area contributed by atoms with Gasteiger partial charge in [0, 0.05) is 17.2 Å². The van der Waals surface area contributed by atoms with Gasteiger partial charge in [0.15, 0.2) is 0 Å². The maximum absolute atomic E-state index is 13.0. The number of carbonyl (C=O) groups is 1. The standard InChI is InChI=1S/C18H16Cl2F3NO3/c1-26-7-8-27-16-6-5-11(18(21,22)23)9-15(16)24-17(25)10-12-13(19)3-2-4-14(12)20/h2-6,9H,7-8,10H2,1H3,(H,24,25). The van der Waals surface area contributed by atoms with Crippen LogP contribution in [0.3, 0.4) is 0 Å². The van der Waals surface area contributed by atoms with Gasteiger partial charge in [0.25, 0.3) is 0 Å². The predicted octanol–water partition coefficient (Wildman–Crippen LogP) is 5.22. The van der Waals surface area contributed by atoms with Crippen molar-refractivity contribution in [3.63, 3.8) is 0 Å². The highest BCUT2D eigenvalue weighted by molar-refractivity contribution is 6.36. The van der Waals surface area contributed by atoms with Crippen molar-refractivity contribution in [2.24, 2.45) is 0 Å². The van der Waals surface area contributed by atoms with Crippen molar-refractivity contribution in [3.05, 3.63) is 57.6 Å². The summed E-state index contributed by atoms with van der Waals surface area (Å²) in [6.45, 7) is 0.352. The van der Waals surface area contributed by atoms with Gasteiger partial charge in [-0.25, -0.2) is 0 Å². The van der Waals surface area contributed by atoms with Crippen LogP contribution in [0.2, 0.25) is 10.0 Å². The molecule has 0 spiro atoms. The van der Waals surface area contributed by atoms with Crippen LogP contribution < -0.4 is 10.1 Å². The van der Waals surface area contributed by atoms with Gasteiger partial charge in [-0.2, -0.15) is 13.2 Å². The molecule has 0 aromatic heterocycles. The van der Waals surface area contributed by atoms with E-state index in [9.17, 15) is 18.0 Å². The molecule has 27 heavy (non-hydrogen) atoms. The van der Waals surface area contributed by atoms with Crippen LogP contribution in [0.4, 0.5) is 18.9 Å². The zero-order chi connectivity index (χ0) is 20.0. The van der Waals surface area contributed by atoms with Crippen LogP contribution in [0.1, 0.15) is 11.1 Å². The molecule has 9 heteroatoms. The van der Waals surface area contributed by atoms with Gasteiger partial charge in [-0.05, 0) is 35.9 Å². The molecule has 2 aromatic rings. The lowest BCUT2D eigenvalue weighted by atomic mass is 10.1. The third-order valence-electron chi connectivity index (χ3n) is 3.53. The molecular weight excluding hydrogens is 406 g/mol. The molecule has 2 rings (SSSR count). The van der Waals surface area contributed by atoms with Crippen molar-refractivity contribution in [1.29, 1.82) is 0 Å². The Balaban J connectivity index is 2.24. The number of halogens is 5. The minimum atomic E-state index is -4.56. The number of carbonyl (C=O) groups excluding carboxylic acids is 1. The Bertz CT molecular complexity index is 793. The van der Waals surface area contributed by atoms with Crippen molar-refractivity contribution < 1.29 is 27.4 Å². The molecule has 0 aliphatic heterocycles.